The fourth-order valence-corrected chi connectivity index (χ4v) is 2.57. The summed E-state index contributed by atoms with van der Waals surface area (Å²) in [5.41, 5.74) is 1.84. The predicted molar refractivity (Wildman–Crippen MR) is 55.0 cm³/mol. The first kappa shape index (κ1) is 9.21. The van der Waals surface area contributed by atoms with Gasteiger partial charge in [0.25, 0.3) is 0 Å². The number of nitrogens with zero attached hydrogens (tertiary/aromatic N) is 1. The molecule has 0 saturated carbocycles. The second-order valence-corrected chi connectivity index (χ2v) is 4.10. The summed E-state index contributed by atoms with van der Waals surface area (Å²) >= 11 is 1.23. The zero-order chi connectivity index (χ0) is 10.3. The molecule has 2 heterocycles. The lowest BCUT2D eigenvalue weighted by Crippen LogP contribution is -1.94. The molecule has 0 amide bonds. The number of aromatic nitrogens is 2. The average molecular weight is 210 g/mol. The summed E-state index contributed by atoms with van der Waals surface area (Å²) in [7, 11) is 0. The molecular formula is C9H10N2O2S. The number of aromatic carboxylic acids is 1. The highest BCUT2D eigenvalue weighted by Gasteiger charge is 2.18. The Morgan fingerprint density at radius 3 is 2.93 bits per heavy atom. The molecule has 0 radical (unpaired) electrons. The summed E-state index contributed by atoms with van der Waals surface area (Å²) in [6, 6.07) is 0. The van der Waals surface area contributed by atoms with Gasteiger partial charge in [-0.15, -0.1) is 11.3 Å². The molecule has 14 heavy (non-hydrogen) atoms. The summed E-state index contributed by atoms with van der Waals surface area (Å²) in [6.45, 7) is 3.85. The van der Waals surface area contributed by atoms with Crippen LogP contribution >= 0.6 is 11.3 Å². The molecule has 0 aliphatic heterocycles. The van der Waals surface area contributed by atoms with Gasteiger partial charge in [0, 0.05) is 11.1 Å². The number of aromatic amines is 1. The number of carboxylic acid groups (broad SMARTS) is 1. The Balaban J connectivity index is 2.75. The Kier molecular flexibility index (Phi) is 2.03. The third kappa shape index (κ3) is 1.13. The number of carboxylic acids is 1. The third-order valence-electron chi connectivity index (χ3n) is 2.27. The van der Waals surface area contributed by atoms with E-state index in [1.807, 2.05) is 13.8 Å². The Labute approximate surface area is 84.6 Å². The molecule has 2 aromatic rings. The van der Waals surface area contributed by atoms with Crippen LogP contribution in [0.2, 0.25) is 0 Å². The van der Waals surface area contributed by atoms with Crippen LogP contribution in [0.15, 0.2) is 0 Å². The van der Waals surface area contributed by atoms with Crippen LogP contribution in [0.25, 0.3) is 10.2 Å². The van der Waals surface area contributed by atoms with Crippen molar-refractivity contribution in [3.63, 3.8) is 0 Å². The molecule has 0 spiro atoms. The van der Waals surface area contributed by atoms with E-state index in [0.717, 1.165) is 27.9 Å². The zero-order valence-electron chi connectivity index (χ0n) is 7.92. The van der Waals surface area contributed by atoms with Crippen molar-refractivity contribution in [2.24, 2.45) is 0 Å². The summed E-state index contributed by atoms with van der Waals surface area (Å²) in [5.74, 6) is -0.868. The lowest BCUT2D eigenvalue weighted by molar-refractivity contribution is 0.0701. The van der Waals surface area contributed by atoms with E-state index in [2.05, 4.69) is 10.2 Å². The number of hydrogen-bond donors (Lipinski definition) is 2. The molecule has 0 unspecified atom stereocenters. The lowest BCUT2D eigenvalue weighted by atomic mass is 10.1. The smallest absolute Gasteiger partial charge is 0.346 e. The van der Waals surface area contributed by atoms with Crippen molar-refractivity contribution in [2.75, 3.05) is 0 Å². The SMILES string of the molecule is CCc1[nH]nc2sc(C(=O)O)c(C)c12. The van der Waals surface area contributed by atoms with Crippen molar-refractivity contribution >= 4 is 27.5 Å². The first-order chi connectivity index (χ1) is 6.65. The van der Waals surface area contributed by atoms with Crippen LogP contribution in [0.5, 0.6) is 0 Å². The topological polar surface area (TPSA) is 66.0 Å². The van der Waals surface area contributed by atoms with E-state index in [4.69, 9.17) is 5.11 Å². The number of nitrogens with one attached hydrogen (secondary N) is 1. The van der Waals surface area contributed by atoms with Gasteiger partial charge in [0.2, 0.25) is 0 Å². The van der Waals surface area contributed by atoms with E-state index >= 15 is 0 Å². The minimum absolute atomic E-state index is 0.395. The van der Waals surface area contributed by atoms with Crippen molar-refractivity contribution in [3.8, 4) is 0 Å². The molecule has 2 rings (SSSR count). The maximum Gasteiger partial charge on any atom is 0.346 e. The van der Waals surface area contributed by atoms with E-state index in [1.54, 1.807) is 0 Å². The number of rotatable bonds is 2. The van der Waals surface area contributed by atoms with Gasteiger partial charge in [-0.25, -0.2) is 4.79 Å². The number of H-pyrrole nitrogens is 1. The molecule has 2 aromatic heterocycles. The molecule has 0 aromatic carbocycles. The monoisotopic (exact) mass is 210 g/mol. The summed E-state index contributed by atoms with van der Waals surface area (Å²) in [5, 5.41) is 16.9. The molecule has 0 aliphatic carbocycles. The molecule has 0 bridgehead atoms. The minimum atomic E-state index is -0.868. The van der Waals surface area contributed by atoms with Crippen LogP contribution in [0, 0.1) is 6.92 Å². The molecule has 5 heteroatoms. The van der Waals surface area contributed by atoms with Crippen molar-refractivity contribution in [3.05, 3.63) is 16.1 Å². The second-order valence-electron chi connectivity index (χ2n) is 3.10. The Morgan fingerprint density at radius 1 is 1.64 bits per heavy atom. The minimum Gasteiger partial charge on any atom is -0.477 e. The van der Waals surface area contributed by atoms with Gasteiger partial charge in [-0.05, 0) is 18.9 Å². The molecule has 4 nitrogen and oxygen atoms in total. The Morgan fingerprint density at radius 2 is 2.36 bits per heavy atom. The highest BCUT2D eigenvalue weighted by Crippen LogP contribution is 2.31. The molecule has 0 saturated heterocycles. The normalized spacial score (nSPS) is 11.0. The molecule has 0 fully saturated rings. The van der Waals surface area contributed by atoms with Gasteiger partial charge in [-0.2, -0.15) is 5.10 Å². The van der Waals surface area contributed by atoms with Gasteiger partial charge in [0.1, 0.15) is 9.71 Å². The number of carbonyl (C=O) groups is 1. The van der Waals surface area contributed by atoms with Gasteiger partial charge >= 0.3 is 5.97 Å². The number of aryl methyl sites for hydroxylation is 2. The quantitative estimate of drug-likeness (QED) is 0.798. The fraction of sp³-hybridized carbons (Fsp3) is 0.333. The Hall–Kier alpha value is -1.36. The van der Waals surface area contributed by atoms with Crippen molar-refractivity contribution in [1.29, 1.82) is 0 Å². The van der Waals surface area contributed by atoms with Gasteiger partial charge in [-0.1, -0.05) is 6.92 Å². The predicted octanol–water partition coefficient (Wildman–Crippen LogP) is 2.19. The number of thiophene rings is 1. The van der Waals surface area contributed by atoms with Crippen LogP contribution in [0.1, 0.15) is 27.9 Å². The van der Waals surface area contributed by atoms with Crippen molar-refractivity contribution in [2.45, 2.75) is 20.3 Å². The number of hydrogen-bond acceptors (Lipinski definition) is 3. The van der Waals surface area contributed by atoms with Crippen molar-refractivity contribution < 1.29 is 9.90 Å². The molecule has 2 N–H and O–H groups in total. The molecule has 74 valence electrons. The summed E-state index contributed by atoms with van der Waals surface area (Å²) < 4.78 is 0. The molecule has 0 aliphatic rings. The lowest BCUT2D eigenvalue weighted by Gasteiger charge is -1.93. The highest BCUT2D eigenvalue weighted by atomic mass is 32.1. The van der Waals surface area contributed by atoms with E-state index in [1.165, 1.54) is 11.3 Å². The van der Waals surface area contributed by atoms with Gasteiger partial charge < -0.3 is 5.11 Å². The Bertz CT molecular complexity index is 498. The van der Waals surface area contributed by atoms with Gasteiger partial charge in [-0.3, -0.25) is 5.10 Å². The van der Waals surface area contributed by atoms with Gasteiger partial charge in [0.05, 0.1) is 0 Å². The highest BCUT2D eigenvalue weighted by molar-refractivity contribution is 7.20. The van der Waals surface area contributed by atoms with E-state index < -0.39 is 5.97 Å². The van der Waals surface area contributed by atoms with Crippen LogP contribution in [0.3, 0.4) is 0 Å². The second kappa shape index (κ2) is 3.09. The van der Waals surface area contributed by atoms with Crippen molar-refractivity contribution in [1.82, 2.24) is 10.2 Å². The molecular weight excluding hydrogens is 200 g/mol. The van der Waals surface area contributed by atoms with Gasteiger partial charge in [0.15, 0.2) is 0 Å². The van der Waals surface area contributed by atoms with Crippen LogP contribution in [-0.4, -0.2) is 21.3 Å². The molecule has 0 atom stereocenters. The van der Waals surface area contributed by atoms with Crippen LogP contribution < -0.4 is 0 Å². The maximum atomic E-state index is 10.9. The fourth-order valence-electron chi connectivity index (χ4n) is 1.57. The van der Waals surface area contributed by atoms with E-state index in [9.17, 15) is 4.79 Å². The summed E-state index contributed by atoms with van der Waals surface area (Å²) in [4.78, 5) is 12.0. The third-order valence-corrected chi connectivity index (χ3v) is 3.44. The first-order valence-electron chi connectivity index (χ1n) is 4.34. The van der Waals surface area contributed by atoms with E-state index in [0.29, 0.717) is 4.88 Å². The zero-order valence-corrected chi connectivity index (χ0v) is 8.73. The summed E-state index contributed by atoms with van der Waals surface area (Å²) in [6.07, 6.45) is 0.840. The number of fused-ring (bicyclic) bond motifs is 1. The largest absolute Gasteiger partial charge is 0.477 e. The average Bonchev–Trinajstić information content (AvgIpc) is 2.66. The first-order valence-corrected chi connectivity index (χ1v) is 5.16. The standard InChI is InChI=1S/C9H10N2O2S/c1-3-5-6-4(2)7(9(12)13)14-8(6)11-10-5/h3H2,1-2H3,(H,10,11)(H,12,13). The maximum absolute atomic E-state index is 10.9. The van der Waals surface area contributed by atoms with Crippen LogP contribution in [-0.2, 0) is 6.42 Å². The van der Waals surface area contributed by atoms with Crippen LogP contribution in [0.4, 0.5) is 0 Å². The van der Waals surface area contributed by atoms with E-state index in [-0.39, 0.29) is 0 Å².